The summed E-state index contributed by atoms with van der Waals surface area (Å²) >= 11 is 0. The Kier molecular flexibility index (Phi) is 4.12. The van der Waals surface area contributed by atoms with E-state index in [1.165, 1.54) is 0 Å². The van der Waals surface area contributed by atoms with Crippen molar-refractivity contribution < 1.29 is 9.53 Å². The molecule has 0 radical (unpaired) electrons. The van der Waals surface area contributed by atoms with E-state index in [1.54, 1.807) is 17.8 Å². The zero-order chi connectivity index (χ0) is 10.4. The number of nitrogens with zero attached hydrogens (tertiary/aromatic N) is 2. The number of nitrogens with one attached hydrogen (secondary N) is 1. The molecule has 0 bridgehead atoms. The van der Waals surface area contributed by atoms with Crippen LogP contribution in [-0.4, -0.2) is 28.9 Å². The van der Waals surface area contributed by atoms with E-state index in [-0.39, 0.29) is 12.5 Å². The molecular weight excluding hydrogens is 182 g/mol. The maximum Gasteiger partial charge on any atom is 0.319 e. The SMILES string of the molecule is CCOC(=O)CNCc1cnn(C)c1. The predicted octanol–water partition coefficient (Wildman–Crippen LogP) is 0.0728. The van der Waals surface area contributed by atoms with E-state index in [4.69, 9.17) is 4.74 Å². The monoisotopic (exact) mass is 197 g/mol. The van der Waals surface area contributed by atoms with Gasteiger partial charge in [-0.1, -0.05) is 0 Å². The Morgan fingerprint density at radius 3 is 3.07 bits per heavy atom. The molecule has 0 atom stereocenters. The second-order valence-electron chi connectivity index (χ2n) is 2.93. The van der Waals surface area contributed by atoms with Crippen LogP contribution in [0.4, 0.5) is 0 Å². The van der Waals surface area contributed by atoms with Gasteiger partial charge in [-0.15, -0.1) is 0 Å². The van der Waals surface area contributed by atoms with Crippen molar-refractivity contribution in [2.75, 3.05) is 13.2 Å². The van der Waals surface area contributed by atoms with Gasteiger partial charge in [-0.2, -0.15) is 5.10 Å². The van der Waals surface area contributed by atoms with Gasteiger partial charge in [0.05, 0.1) is 19.3 Å². The fraction of sp³-hybridized carbons (Fsp3) is 0.556. The van der Waals surface area contributed by atoms with Crippen molar-refractivity contribution in [3.63, 3.8) is 0 Å². The molecule has 0 fully saturated rings. The summed E-state index contributed by atoms with van der Waals surface area (Å²) in [4.78, 5) is 10.9. The van der Waals surface area contributed by atoms with Crippen LogP contribution >= 0.6 is 0 Å². The van der Waals surface area contributed by atoms with E-state index in [2.05, 4.69) is 10.4 Å². The van der Waals surface area contributed by atoms with Crippen LogP contribution in [0.25, 0.3) is 0 Å². The fourth-order valence-electron chi connectivity index (χ4n) is 1.08. The number of aryl methyl sites for hydroxylation is 1. The van der Waals surface area contributed by atoms with Gasteiger partial charge in [-0.25, -0.2) is 0 Å². The molecular formula is C9H15N3O2. The first-order valence-electron chi connectivity index (χ1n) is 4.56. The maximum atomic E-state index is 10.9. The summed E-state index contributed by atoms with van der Waals surface area (Å²) in [5.41, 5.74) is 1.05. The molecule has 1 N–H and O–H groups in total. The summed E-state index contributed by atoms with van der Waals surface area (Å²) in [5, 5.41) is 6.98. The number of carbonyl (C=O) groups is 1. The quantitative estimate of drug-likeness (QED) is 0.679. The molecule has 78 valence electrons. The largest absolute Gasteiger partial charge is 0.465 e. The normalized spacial score (nSPS) is 10.1. The Bertz CT molecular complexity index is 296. The van der Waals surface area contributed by atoms with Crippen LogP contribution in [-0.2, 0) is 23.1 Å². The van der Waals surface area contributed by atoms with Gasteiger partial charge in [0.15, 0.2) is 0 Å². The molecule has 0 aromatic carbocycles. The molecule has 14 heavy (non-hydrogen) atoms. The van der Waals surface area contributed by atoms with E-state index in [9.17, 15) is 4.79 Å². The summed E-state index contributed by atoms with van der Waals surface area (Å²) in [7, 11) is 1.86. The summed E-state index contributed by atoms with van der Waals surface area (Å²) in [6, 6.07) is 0. The molecule has 1 heterocycles. The molecule has 0 saturated carbocycles. The van der Waals surface area contributed by atoms with Gasteiger partial charge in [0.2, 0.25) is 0 Å². The molecule has 5 heteroatoms. The minimum absolute atomic E-state index is 0.226. The number of hydrogen-bond acceptors (Lipinski definition) is 4. The van der Waals surface area contributed by atoms with E-state index in [0.29, 0.717) is 13.2 Å². The average Bonchev–Trinajstić information content (AvgIpc) is 2.52. The minimum atomic E-state index is -0.226. The second kappa shape index (κ2) is 5.39. The third-order valence-electron chi connectivity index (χ3n) is 1.66. The maximum absolute atomic E-state index is 10.9. The van der Waals surface area contributed by atoms with Crippen molar-refractivity contribution in [3.8, 4) is 0 Å². The van der Waals surface area contributed by atoms with E-state index >= 15 is 0 Å². The van der Waals surface area contributed by atoms with Crippen LogP contribution in [0.3, 0.4) is 0 Å². The van der Waals surface area contributed by atoms with Crippen LogP contribution in [0.1, 0.15) is 12.5 Å². The lowest BCUT2D eigenvalue weighted by atomic mass is 10.3. The zero-order valence-electron chi connectivity index (χ0n) is 8.49. The van der Waals surface area contributed by atoms with Crippen LogP contribution in [0, 0.1) is 0 Å². The van der Waals surface area contributed by atoms with Gasteiger partial charge in [0, 0.05) is 25.4 Å². The van der Waals surface area contributed by atoms with Crippen LogP contribution < -0.4 is 5.32 Å². The van der Waals surface area contributed by atoms with Gasteiger partial charge >= 0.3 is 5.97 Å². The van der Waals surface area contributed by atoms with Crippen molar-refractivity contribution in [2.24, 2.45) is 7.05 Å². The Morgan fingerprint density at radius 2 is 2.50 bits per heavy atom. The highest BCUT2D eigenvalue weighted by Crippen LogP contribution is 1.94. The second-order valence-corrected chi connectivity index (χ2v) is 2.93. The Morgan fingerprint density at radius 1 is 1.71 bits per heavy atom. The van der Waals surface area contributed by atoms with Gasteiger partial charge < -0.3 is 10.1 Å². The van der Waals surface area contributed by atoms with E-state index in [1.807, 2.05) is 13.2 Å². The molecule has 0 aliphatic heterocycles. The number of rotatable bonds is 5. The molecule has 0 spiro atoms. The lowest BCUT2D eigenvalue weighted by Gasteiger charge is -2.02. The van der Waals surface area contributed by atoms with Crippen molar-refractivity contribution >= 4 is 5.97 Å². The van der Waals surface area contributed by atoms with Crippen molar-refractivity contribution in [1.29, 1.82) is 0 Å². The van der Waals surface area contributed by atoms with Gasteiger partial charge in [-0.3, -0.25) is 9.48 Å². The third kappa shape index (κ3) is 3.57. The van der Waals surface area contributed by atoms with Crippen molar-refractivity contribution in [1.82, 2.24) is 15.1 Å². The molecule has 0 aliphatic rings. The predicted molar refractivity (Wildman–Crippen MR) is 51.5 cm³/mol. The lowest BCUT2D eigenvalue weighted by Crippen LogP contribution is -2.24. The number of carbonyl (C=O) groups excluding carboxylic acids is 1. The van der Waals surface area contributed by atoms with Gasteiger partial charge in [-0.05, 0) is 6.92 Å². The summed E-state index contributed by atoms with van der Waals surface area (Å²) in [6.45, 7) is 3.09. The first kappa shape index (κ1) is 10.7. The van der Waals surface area contributed by atoms with Crippen molar-refractivity contribution in [2.45, 2.75) is 13.5 Å². The highest BCUT2D eigenvalue weighted by Gasteiger charge is 2.01. The molecule has 0 unspecified atom stereocenters. The minimum Gasteiger partial charge on any atom is -0.465 e. The molecule has 1 aromatic rings. The molecule has 0 saturated heterocycles. The number of hydrogen-bond donors (Lipinski definition) is 1. The first-order valence-corrected chi connectivity index (χ1v) is 4.56. The van der Waals surface area contributed by atoms with Crippen LogP contribution in [0.5, 0.6) is 0 Å². The molecule has 0 aliphatic carbocycles. The number of esters is 1. The molecule has 0 amide bonds. The smallest absolute Gasteiger partial charge is 0.319 e. The first-order chi connectivity index (χ1) is 6.72. The van der Waals surface area contributed by atoms with Crippen molar-refractivity contribution in [3.05, 3.63) is 18.0 Å². The lowest BCUT2D eigenvalue weighted by molar-refractivity contribution is -0.142. The Balaban J connectivity index is 2.18. The summed E-state index contributed by atoms with van der Waals surface area (Å²) in [6.07, 6.45) is 3.66. The number of ether oxygens (including phenoxy) is 1. The highest BCUT2D eigenvalue weighted by atomic mass is 16.5. The summed E-state index contributed by atoms with van der Waals surface area (Å²) < 4.78 is 6.49. The fourth-order valence-corrected chi connectivity index (χ4v) is 1.08. The molecule has 1 rings (SSSR count). The summed E-state index contributed by atoms with van der Waals surface area (Å²) in [5.74, 6) is -0.226. The average molecular weight is 197 g/mol. The molecule has 5 nitrogen and oxygen atoms in total. The topological polar surface area (TPSA) is 56.1 Å². The Hall–Kier alpha value is -1.36. The number of aromatic nitrogens is 2. The standard InChI is InChI=1S/C9H15N3O2/c1-3-14-9(13)6-10-4-8-5-11-12(2)7-8/h5,7,10H,3-4,6H2,1-2H3. The Labute approximate surface area is 83.1 Å². The highest BCUT2D eigenvalue weighted by molar-refractivity contribution is 5.71. The third-order valence-corrected chi connectivity index (χ3v) is 1.66. The van der Waals surface area contributed by atoms with Gasteiger partial charge in [0.1, 0.15) is 0 Å². The van der Waals surface area contributed by atoms with E-state index < -0.39 is 0 Å². The van der Waals surface area contributed by atoms with Gasteiger partial charge in [0.25, 0.3) is 0 Å². The molecule has 1 aromatic heterocycles. The van der Waals surface area contributed by atoms with Crippen LogP contribution in [0.2, 0.25) is 0 Å². The van der Waals surface area contributed by atoms with Crippen LogP contribution in [0.15, 0.2) is 12.4 Å². The zero-order valence-corrected chi connectivity index (χ0v) is 8.49. The van der Waals surface area contributed by atoms with E-state index in [0.717, 1.165) is 5.56 Å².